The van der Waals surface area contributed by atoms with Crippen molar-refractivity contribution in [2.75, 3.05) is 0 Å². The predicted octanol–water partition coefficient (Wildman–Crippen LogP) is 5.35. The van der Waals surface area contributed by atoms with Crippen LogP contribution in [0.2, 0.25) is 0 Å². The average Bonchev–Trinajstić information content (AvgIpc) is 2.66. The number of ether oxygens (including phenoxy) is 1. The van der Waals surface area contributed by atoms with Crippen molar-refractivity contribution in [1.29, 1.82) is 0 Å². The van der Waals surface area contributed by atoms with Gasteiger partial charge in [0.2, 0.25) is 0 Å². The largest absolute Gasteiger partial charge is 0.489 e. The van der Waals surface area contributed by atoms with Crippen LogP contribution in [0.15, 0.2) is 88.1 Å². The Morgan fingerprint density at radius 1 is 0.885 bits per heavy atom. The summed E-state index contributed by atoms with van der Waals surface area (Å²) in [5.41, 5.74) is 4.30. The van der Waals surface area contributed by atoms with Gasteiger partial charge < -0.3 is 9.15 Å². The van der Waals surface area contributed by atoms with Crippen LogP contribution in [0.3, 0.4) is 0 Å². The smallest absolute Gasteiger partial charge is 0.336 e. The highest BCUT2D eigenvalue weighted by atomic mass is 16.5. The first-order valence-electron chi connectivity index (χ1n) is 8.51. The van der Waals surface area contributed by atoms with Gasteiger partial charge in [-0.15, -0.1) is 0 Å². The molecule has 0 saturated heterocycles. The molecule has 0 bridgehead atoms. The molecule has 0 atom stereocenters. The number of aryl methyl sites for hydroxylation is 1. The number of rotatable bonds is 4. The van der Waals surface area contributed by atoms with Gasteiger partial charge in [0, 0.05) is 17.5 Å². The molecule has 0 fully saturated rings. The first-order chi connectivity index (χ1) is 12.7. The summed E-state index contributed by atoms with van der Waals surface area (Å²) >= 11 is 0. The molecule has 128 valence electrons. The SMILES string of the molecule is Cc1cccc(COc2ccc3c(-c4ccccc4)cc(=O)oc3c2)c1. The summed E-state index contributed by atoms with van der Waals surface area (Å²) in [5, 5.41) is 0.888. The third-order valence-corrected chi connectivity index (χ3v) is 4.29. The normalized spacial score (nSPS) is 10.8. The summed E-state index contributed by atoms with van der Waals surface area (Å²) in [6.07, 6.45) is 0. The van der Waals surface area contributed by atoms with Crippen LogP contribution >= 0.6 is 0 Å². The molecule has 0 aliphatic heterocycles. The fourth-order valence-corrected chi connectivity index (χ4v) is 3.06. The third kappa shape index (κ3) is 3.38. The van der Waals surface area contributed by atoms with Crippen LogP contribution in [0.25, 0.3) is 22.1 Å². The maximum Gasteiger partial charge on any atom is 0.336 e. The van der Waals surface area contributed by atoms with Crippen LogP contribution in [-0.2, 0) is 6.61 Å². The Morgan fingerprint density at radius 3 is 2.54 bits per heavy atom. The molecule has 3 heteroatoms. The van der Waals surface area contributed by atoms with Crippen LogP contribution in [-0.4, -0.2) is 0 Å². The lowest BCUT2D eigenvalue weighted by atomic mass is 10.0. The van der Waals surface area contributed by atoms with Crippen molar-refractivity contribution < 1.29 is 9.15 Å². The molecule has 3 aromatic carbocycles. The number of benzene rings is 3. The Hall–Kier alpha value is -3.33. The zero-order chi connectivity index (χ0) is 17.9. The molecule has 0 radical (unpaired) electrons. The van der Waals surface area contributed by atoms with Gasteiger partial charge in [0.15, 0.2) is 0 Å². The fraction of sp³-hybridized carbons (Fsp3) is 0.0870. The Bertz CT molecular complexity index is 1110. The van der Waals surface area contributed by atoms with Gasteiger partial charge in [-0.1, -0.05) is 60.2 Å². The highest BCUT2D eigenvalue weighted by molar-refractivity contribution is 5.93. The van der Waals surface area contributed by atoms with E-state index >= 15 is 0 Å². The van der Waals surface area contributed by atoms with E-state index in [1.165, 1.54) is 11.6 Å². The lowest BCUT2D eigenvalue weighted by Gasteiger charge is -2.09. The van der Waals surface area contributed by atoms with E-state index in [1.54, 1.807) is 6.07 Å². The van der Waals surface area contributed by atoms with Gasteiger partial charge in [0.25, 0.3) is 0 Å². The summed E-state index contributed by atoms with van der Waals surface area (Å²) < 4.78 is 11.3. The minimum atomic E-state index is -0.368. The summed E-state index contributed by atoms with van der Waals surface area (Å²) in [7, 11) is 0. The summed E-state index contributed by atoms with van der Waals surface area (Å²) in [4.78, 5) is 12.0. The lowest BCUT2D eigenvalue weighted by molar-refractivity contribution is 0.306. The Labute approximate surface area is 151 Å². The maximum absolute atomic E-state index is 12.0. The average molecular weight is 342 g/mol. The molecule has 0 spiro atoms. The van der Waals surface area contributed by atoms with Crippen molar-refractivity contribution in [1.82, 2.24) is 0 Å². The van der Waals surface area contributed by atoms with E-state index in [2.05, 4.69) is 19.1 Å². The topological polar surface area (TPSA) is 39.4 Å². The highest BCUT2D eigenvalue weighted by Gasteiger charge is 2.09. The van der Waals surface area contributed by atoms with Gasteiger partial charge in [0.05, 0.1) is 0 Å². The van der Waals surface area contributed by atoms with Crippen LogP contribution in [0.1, 0.15) is 11.1 Å². The second-order valence-electron chi connectivity index (χ2n) is 6.28. The highest BCUT2D eigenvalue weighted by Crippen LogP contribution is 2.29. The molecule has 0 aliphatic carbocycles. The predicted molar refractivity (Wildman–Crippen MR) is 103 cm³/mol. The Morgan fingerprint density at radius 2 is 1.73 bits per heavy atom. The van der Waals surface area contributed by atoms with Gasteiger partial charge in [-0.2, -0.15) is 0 Å². The van der Waals surface area contributed by atoms with E-state index in [0.717, 1.165) is 22.1 Å². The van der Waals surface area contributed by atoms with Crippen LogP contribution in [0.5, 0.6) is 5.75 Å². The molecule has 3 nitrogen and oxygen atoms in total. The van der Waals surface area contributed by atoms with Crippen molar-refractivity contribution in [3.05, 3.63) is 100 Å². The first-order valence-corrected chi connectivity index (χ1v) is 8.51. The van der Waals surface area contributed by atoms with Gasteiger partial charge in [-0.3, -0.25) is 0 Å². The monoisotopic (exact) mass is 342 g/mol. The number of hydrogen-bond acceptors (Lipinski definition) is 3. The van der Waals surface area contributed by atoms with E-state index in [0.29, 0.717) is 17.9 Å². The van der Waals surface area contributed by atoms with Crippen LogP contribution in [0.4, 0.5) is 0 Å². The summed E-state index contributed by atoms with van der Waals surface area (Å²) in [5.74, 6) is 0.673. The van der Waals surface area contributed by atoms with E-state index < -0.39 is 0 Å². The first kappa shape index (κ1) is 16.2. The maximum atomic E-state index is 12.0. The van der Waals surface area contributed by atoms with Crippen molar-refractivity contribution >= 4 is 11.0 Å². The summed E-state index contributed by atoms with van der Waals surface area (Å²) in [6.45, 7) is 2.52. The molecular formula is C23H18O3. The van der Waals surface area contributed by atoms with Crippen molar-refractivity contribution in [3.63, 3.8) is 0 Å². The van der Waals surface area contributed by atoms with Gasteiger partial charge in [0.1, 0.15) is 17.9 Å². The molecule has 4 aromatic rings. The van der Waals surface area contributed by atoms with Crippen LogP contribution < -0.4 is 10.4 Å². The molecule has 1 aromatic heterocycles. The van der Waals surface area contributed by atoms with Gasteiger partial charge >= 0.3 is 5.63 Å². The van der Waals surface area contributed by atoms with Gasteiger partial charge in [-0.05, 0) is 35.7 Å². The molecule has 1 heterocycles. The number of fused-ring (bicyclic) bond motifs is 1. The van der Waals surface area contributed by atoms with Crippen molar-refractivity contribution in [3.8, 4) is 16.9 Å². The van der Waals surface area contributed by atoms with Crippen LogP contribution in [0, 0.1) is 6.92 Å². The molecular weight excluding hydrogens is 324 g/mol. The fourth-order valence-electron chi connectivity index (χ4n) is 3.06. The zero-order valence-corrected chi connectivity index (χ0v) is 14.4. The number of hydrogen-bond donors (Lipinski definition) is 0. The standard InChI is InChI=1S/C23H18O3/c1-16-6-5-7-17(12-16)15-25-19-10-11-20-21(18-8-3-2-4-9-18)14-23(24)26-22(20)13-19/h2-14H,15H2,1H3. The van der Waals surface area contributed by atoms with Crippen molar-refractivity contribution in [2.24, 2.45) is 0 Å². The third-order valence-electron chi connectivity index (χ3n) is 4.29. The molecule has 0 saturated carbocycles. The van der Waals surface area contributed by atoms with Gasteiger partial charge in [-0.25, -0.2) is 4.79 Å². The molecule has 4 rings (SSSR count). The van der Waals surface area contributed by atoms with E-state index in [1.807, 2.05) is 54.6 Å². The molecule has 0 unspecified atom stereocenters. The second kappa shape index (κ2) is 6.89. The lowest BCUT2D eigenvalue weighted by Crippen LogP contribution is -1.99. The zero-order valence-electron chi connectivity index (χ0n) is 14.4. The van der Waals surface area contributed by atoms with E-state index in [-0.39, 0.29) is 5.63 Å². The van der Waals surface area contributed by atoms with Crippen molar-refractivity contribution in [2.45, 2.75) is 13.5 Å². The Kier molecular flexibility index (Phi) is 4.28. The minimum Gasteiger partial charge on any atom is -0.489 e. The molecule has 0 aliphatic rings. The van der Waals surface area contributed by atoms with E-state index in [4.69, 9.17) is 9.15 Å². The van der Waals surface area contributed by atoms with E-state index in [9.17, 15) is 4.79 Å². The Balaban J connectivity index is 1.68. The molecule has 0 amide bonds. The summed E-state index contributed by atoms with van der Waals surface area (Å²) in [6, 6.07) is 25.2. The quantitative estimate of drug-likeness (QED) is 0.470. The second-order valence-corrected chi connectivity index (χ2v) is 6.28. The molecule has 26 heavy (non-hydrogen) atoms. The minimum absolute atomic E-state index is 0.368. The molecule has 0 N–H and O–H groups in total.